The standard InChI is InChI=1S/C30H33N3O6S/c1-5-39-24-8-6-7-22(18-24)31-29(35)27-19-28(34)33(16-15-20-9-14-25(37-3)26(17-20)38-4)30(40-27)32-21-10-12-23(36-2)13-11-21/h6-14,17-18,27H,5,15-16,19H2,1-4H3,(H,31,35)/t27-/m0/s1. The number of methoxy groups -OCH3 is 3. The Bertz CT molecular complexity index is 1360. The van der Waals surface area contributed by atoms with Crippen molar-refractivity contribution in [3.63, 3.8) is 0 Å². The van der Waals surface area contributed by atoms with E-state index in [1.807, 2.05) is 49.4 Å². The van der Waals surface area contributed by atoms with Crippen molar-refractivity contribution < 1.29 is 28.5 Å². The maximum absolute atomic E-state index is 13.4. The highest BCUT2D eigenvalue weighted by Gasteiger charge is 2.36. The number of anilines is 1. The third-order valence-corrected chi connectivity index (χ3v) is 7.40. The van der Waals surface area contributed by atoms with Gasteiger partial charge in [0.05, 0.1) is 33.6 Å². The van der Waals surface area contributed by atoms with E-state index in [1.54, 1.807) is 50.5 Å². The first kappa shape index (κ1) is 28.8. The molecule has 1 saturated heterocycles. The minimum absolute atomic E-state index is 0.0508. The van der Waals surface area contributed by atoms with Crippen molar-refractivity contribution in [3.8, 4) is 23.0 Å². The first-order chi connectivity index (χ1) is 19.4. The van der Waals surface area contributed by atoms with Crippen LogP contribution in [-0.4, -0.2) is 61.6 Å². The molecule has 4 rings (SSSR count). The van der Waals surface area contributed by atoms with Gasteiger partial charge in [-0.15, -0.1) is 0 Å². The summed E-state index contributed by atoms with van der Waals surface area (Å²) >= 11 is 1.27. The third kappa shape index (κ3) is 7.26. The fraction of sp³-hybridized carbons (Fsp3) is 0.300. The topological polar surface area (TPSA) is 98.7 Å². The summed E-state index contributed by atoms with van der Waals surface area (Å²) in [6.45, 7) is 2.81. The minimum Gasteiger partial charge on any atom is -0.497 e. The molecule has 1 N–H and O–H groups in total. The number of benzene rings is 3. The number of rotatable bonds is 11. The second-order valence-corrected chi connectivity index (χ2v) is 10.0. The summed E-state index contributed by atoms with van der Waals surface area (Å²) in [6, 6.07) is 20.1. The van der Waals surface area contributed by atoms with Crippen LogP contribution in [0.25, 0.3) is 0 Å². The average Bonchev–Trinajstić information content (AvgIpc) is 2.97. The lowest BCUT2D eigenvalue weighted by Gasteiger charge is -2.32. The molecule has 2 amide bonds. The van der Waals surface area contributed by atoms with E-state index < -0.39 is 5.25 Å². The highest BCUT2D eigenvalue weighted by Crippen LogP contribution is 2.32. The fourth-order valence-corrected chi connectivity index (χ4v) is 5.28. The van der Waals surface area contributed by atoms with Crippen LogP contribution in [0.4, 0.5) is 11.4 Å². The van der Waals surface area contributed by atoms with Crippen molar-refractivity contribution in [1.82, 2.24) is 4.90 Å². The summed E-state index contributed by atoms with van der Waals surface area (Å²) in [4.78, 5) is 33.1. The zero-order chi connectivity index (χ0) is 28.5. The van der Waals surface area contributed by atoms with Gasteiger partial charge >= 0.3 is 0 Å². The first-order valence-corrected chi connectivity index (χ1v) is 13.8. The molecule has 210 valence electrons. The van der Waals surface area contributed by atoms with Crippen LogP contribution in [-0.2, 0) is 16.0 Å². The minimum atomic E-state index is -0.641. The van der Waals surface area contributed by atoms with Crippen molar-refractivity contribution in [1.29, 1.82) is 0 Å². The maximum atomic E-state index is 13.4. The number of nitrogens with zero attached hydrogens (tertiary/aromatic N) is 2. The highest BCUT2D eigenvalue weighted by molar-refractivity contribution is 8.15. The van der Waals surface area contributed by atoms with Gasteiger partial charge in [0.25, 0.3) is 0 Å². The zero-order valence-corrected chi connectivity index (χ0v) is 23.8. The number of aliphatic imine (C=N–C) groups is 1. The van der Waals surface area contributed by atoms with Gasteiger partial charge in [-0.25, -0.2) is 4.99 Å². The molecule has 0 saturated carbocycles. The van der Waals surface area contributed by atoms with Crippen LogP contribution in [0.5, 0.6) is 23.0 Å². The SMILES string of the molecule is CCOc1cccc(NC(=O)[C@@H]2CC(=O)N(CCc3ccc(OC)c(OC)c3)C(=Nc3ccc(OC)cc3)S2)c1. The van der Waals surface area contributed by atoms with Crippen LogP contribution >= 0.6 is 11.8 Å². The molecule has 1 fully saturated rings. The predicted molar refractivity (Wildman–Crippen MR) is 157 cm³/mol. The summed E-state index contributed by atoms with van der Waals surface area (Å²) in [6.07, 6.45) is 0.616. The Balaban J connectivity index is 1.55. The Morgan fingerprint density at radius 3 is 2.45 bits per heavy atom. The molecule has 1 heterocycles. The van der Waals surface area contributed by atoms with Gasteiger partial charge in [0.2, 0.25) is 11.8 Å². The van der Waals surface area contributed by atoms with Crippen molar-refractivity contribution in [2.75, 3.05) is 39.8 Å². The second kappa shape index (κ2) is 13.7. The number of amides is 2. The van der Waals surface area contributed by atoms with Gasteiger partial charge < -0.3 is 24.3 Å². The fourth-order valence-electron chi connectivity index (χ4n) is 4.16. The van der Waals surface area contributed by atoms with Crippen molar-refractivity contribution >= 4 is 40.1 Å². The molecule has 3 aromatic carbocycles. The largest absolute Gasteiger partial charge is 0.497 e. The van der Waals surface area contributed by atoms with Gasteiger partial charge in [-0.05, 0) is 67.4 Å². The lowest BCUT2D eigenvalue weighted by atomic mass is 10.1. The molecule has 0 aliphatic carbocycles. The van der Waals surface area contributed by atoms with Crippen LogP contribution in [0, 0.1) is 0 Å². The summed E-state index contributed by atoms with van der Waals surface area (Å²) in [5.74, 6) is 2.18. The molecule has 1 atom stereocenters. The molecular formula is C30H33N3O6S. The van der Waals surface area contributed by atoms with Crippen molar-refractivity contribution in [2.24, 2.45) is 4.99 Å². The number of hydrogen-bond donors (Lipinski definition) is 1. The molecule has 1 aliphatic rings. The number of carbonyl (C=O) groups excluding carboxylic acids is 2. The predicted octanol–water partition coefficient (Wildman–Crippen LogP) is 5.31. The Hall–Kier alpha value is -4.18. The van der Waals surface area contributed by atoms with Gasteiger partial charge in [0.15, 0.2) is 16.7 Å². The monoisotopic (exact) mass is 563 g/mol. The van der Waals surface area contributed by atoms with Crippen LogP contribution in [0.1, 0.15) is 18.9 Å². The summed E-state index contributed by atoms with van der Waals surface area (Å²) in [5.41, 5.74) is 2.24. The Kier molecular flexibility index (Phi) is 9.91. The first-order valence-electron chi connectivity index (χ1n) is 12.9. The number of amidine groups is 1. The van der Waals surface area contributed by atoms with E-state index in [4.69, 9.17) is 23.9 Å². The van der Waals surface area contributed by atoms with E-state index in [-0.39, 0.29) is 18.2 Å². The quantitative estimate of drug-likeness (QED) is 0.337. The van der Waals surface area contributed by atoms with E-state index in [0.717, 1.165) is 5.56 Å². The lowest BCUT2D eigenvalue weighted by Crippen LogP contribution is -2.46. The lowest BCUT2D eigenvalue weighted by molar-refractivity contribution is -0.129. The number of nitrogens with one attached hydrogen (secondary N) is 1. The number of hydrogen-bond acceptors (Lipinski definition) is 8. The number of ether oxygens (including phenoxy) is 4. The number of thioether (sulfide) groups is 1. The van der Waals surface area contributed by atoms with Gasteiger partial charge in [0.1, 0.15) is 16.7 Å². The molecule has 10 heteroatoms. The second-order valence-electron chi connectivity index (χ2n) is 8.84. The van der Waals surface area contributed by atoms with E-state index in [1.165, 1.54) is 11.8 Å². The normalized spacial score (nSPS) is 16.0. The molecular weight excluding hydrogens is 530 g/mol. The smallest absolute Gasteiger partial charge is 0.238 e. The highest BCUT2D eigenvalue weighted by atomic mass is 32.2. The van der Waals surface area contributed by atoms with Crippen LogP contribution in [0.3, 0.4) is 0 Å². The molecule has 0 bridgehead atoms. The van der Waals surface area contributed by atoms with E-state index >= 15 is 0 Å². The Labute approximate surface area is 238 Å². The van der Waals surface area contributed by atoms with Crippen LogP contribution in [0.15, 0.2) is 71.7 Å². The maximum Gasteiger partial charge on any atom is 0.238 e. The molecule has 0 unspecified atom stereocenters. The molecule has 0 aromatic heterocycles. The summed E-state index contributed by atoms with van der Waals surface area (Å²) in [5, 5.41) is 2.74. The molecule has 1 aliphatic heterocycles. The van der Waals surface area contributed by atoms with E-state index in [9.17, 15) is 9.59 Å². The average molecular weight is 564 g/mol. The Morgan fingerprint density at radius 1 is 0.975 bits per heavy atom. The van der Waals surface area contributed by atoms with Crippen molar-refractivity contribution in [3.05, 3.63) is 72.3 Å². The summed E-state index contributed by atoms with van der Waals surface area (Å²) in [7, 11) is 4.77. The Morgan fingerprint density at radius 2 is 1.75 bits per heavy atom. The van der Waals surface area contributed by atoms with Crippen molar-refractivity contribution in [2.45, 2.75) is 25.0 Å². The van der Waals surface area contributed by atoms with E-state index in [0.29, 0.717) is 59.1 Å². The zero-order valence-electron chi connectivity index (χ0n) is 23.0. The third-order valence-electron chi connectivity index (χ3n) is 6.21. The van der Waals surface area contributed by atoms with E-state index in [2.05, 4.69) is 5.32 Å². The van der Waals surface area contributed by atoms with Gasteiger partial charge in [-0.1, -0.05) is 23.9 Å². The molecule has 0 spiro atoms. The number of carbonyl (C=O) groups is 2. The molecule has 40 heavy (non-hydrogen) atoms. The summed E-state index contributed by atoms with van der Waals surface area (Å²) < 4.78 is 21.5. The van der Waals surface area contributed by atoms with Gasteiger partial charge in [-0.2, -0.15) is 0 Å². The molecule has 3 aromatic rings. The van der Waals surface area contributed by atoms with Crippen LogP contribution < -0.4 is 24.3 Å². The van der Waals surface area contributed by atoms with Crippen LogP contribution in [0.2, 0.25) is 0 Å². The van der Waals surface area contributed by atoms with Gasteiger partial charge in [-0.3, -0.25) is 14.5 Å². The molecule has 9 nitrogen and oxygen atoms in total. The van der Waals surface area contributed by atoms with Gasteiger partial charge in [0, 0.05) is 24.7 Å². The molecule has 0 radical (unpaired) electrons.